The monoisotopic (exact) mass is 355 g/mol. The van der Waals surface area contributed by atoms with Crippen molar-refractivity contribution in [1.82, 2.24) is 5.32 Å². The van der Waals surface area contributed by atoms with Crippen LogP contribution in [0.25, 0.3) is 0 Å². The van der Waals surface area contributed by atoms with Crippen LogP contribution < -0.4 is 5.32 Å². The predicted molar refractivity (Wildman–Crippen MR) is 108 cm³/mol. The fourth-order valence-corrected chi connectivity index (χ4v) is 6.27. The first-order chi connectivity index (χ1) is 11.4. The summed E-state index contributed by atoms with van der Waals surface area (Å²) in [5, 5.41) is 3.86. The number of nitrogens with one attached hydrogen (secondary N) is 1. The van der Waals surface area contributed by atoms with Crippen LogP contribution >= 0.6 is 11.6 Å². The van der Waals surface area contributed by atoms with E-state index in [0.29, 0.717) is 16.2 Å². The van der Waals surface area contributed by atoms with Crippen molar-refractivity contribution >= 4 is 11.6 Å². The highest BCUT2D eigenvalue weighted by molar-refractivity contribution is 6.20. The lowest BCUT2D eigenvalue weighted by atomic mass is 9.47. The molecule has 1 saturated carbocycles. The number of halogens is 1. The van der Waals surface area contributed by atoms with Gasteiger partial charge in [0.2, 0.25) is 0 Å². The van der Waals surface area contributed by atoms with Gasteiger partial charge in [-0.3, -0.25) is 0 Å². The summed E-state index contributed by atoms with van der Waals surface area (Å²) in [7, 11) is 0. The molecule has 0 amide bonds. The van der Waals surface area contributed by atoms with Gasteiger partial charge in [-0.1, -0.05) is 40.5 Å². The Bertz CT molecular complexity index is 378. The summed E-state index contributed by atoms with van der Waals surface area (Å²) in [6, 6.07) is 0.825. The average Bonchev–Trinajstić information content (AvgIpc) is 3.34. The number of rotatable bonds is 10. The molecule has 4 unspecified atom stereocenters. The third-order valence-electron chi connectivity index (χ3n) is 7.69. The Morgan fingerprint density at radius 1 is 1.21 bits per heavy atom. The van der Waals surface area contributed by atoms with Gasteiger partial charge >= 0.3 is 0 Å². The molecule has 0 aromatic carbocycles. The molecule has 1 aliphatic heterocycles. The minimum Gasteiger partial charge on any atom is -0.311 e. The van der Waals surface area contributed by atoms with E-state index < -0.39 is 0 Å². The van der Waals surface area contributed by atoms with Gasteiger partial charge in [0.1, 0.15) is 0 Å². The molecule has 0 aromatic heterocycles. The molecule has 6 atom stereocenters. The van der Waals surface area contributed by atoms with E-state index in [1.807, 2.05) is 0 Å². The molecule has 0 aromatic rings. The number of hydrogen-bond acceptors (Lipinski definition) is 1. The van der Waals surface area contributed by atoms with Crippen molar-refractivity contribution in [1.29, 1.82) is 0 Å². The Balaban J connectivity index is 2.20. The van der Waals surface area contributed by atoms with Crippen molar-refractivity contribution in [2.24, 2.45) is 22.7 Å². The Labute approximate surface area is 156 Å². The van der Waals surface area contributed by atoms with Crippen LogP contribution in [0.15, 0.2) is 0 Å². The molecule has 2 heteroatoms. The van der Waals surface area contributed by atoms with E-state index >= 15 is 0 Å². The molecule has 24 heavy (non-hydrogen) atoms. The lowest BCUT2D eigenvalue weighted by Gasteiger charge is -2.58. The second kappa shape index (κ2) is 8.76. The minimum atomic E-state index is 0.328. The zero-order valence-electron chi connectivity index (χ0n) is 17.0. The third kappa shape index (κ3) is 4.70. The molecule has 2 rings (SSSR count). The second-order valence-corrected chi connectivity index (χ2v) is 10.1. The second-order valence-electron chi connectivity index (χ2n) is 9.34. The van der Waals surface area contributed by atoms with Crippen molar-refractivity contribution in [3.05, 3.63) is 0 Å². The van der Waals surface area contributed by atoms with Crippen LogP contribution in [0.4, 0.5) is 0 Å². The molecule has 1 saturated heterocycles. The summed E-state index contributed by atoms with van der Waals surface area (Å²) < 4.78 is 0. The number of alkyl halides is 1. The molecule has 2 fully saturated rings. The first kappa shape index (κ1) is 20.6. The van der Waals surface area contributed by atoms with Gasteiger partial charge in [0.15, 0.2) is 0 Å². The zero-order chi connectivity index (χ0) is 17.8. The van der Waals surface area contributed by atoms with Gasteiger partial charge in [0.05, 0.1) is 0 Å². The molecule has 1 aliphatic carbocycles. The maximum atomic E-state index is 6.27. The van der Waals surface area contributed by atoms with E-state index in [4.69, 9.17) is 11.6 Å². The van der Waals surface area contributed by atoms with Gasteiger partial charge in [-0.2, -0.15) is 0 Å². The van der Waals surface area contributed by atoms with Crippen LogP contribution in [-0.4, -0.2) is 18.0 Å². The first-order valence-electron chi connectivity index (χ1n) is 10.8. The summed E-state index contributed by atoms with van der Waals surface area (Å²) in [4.78, 5) is 0. The van der Waals surface area contributed by atoms with Crippen molar-refractivity contribution < 1.29 is 0 Å². The summed E-state index contributed by atoms with van der Waals surface area (Å²) in [6.45, 7) is 13.5. The van der Waals surface area contributed by atoms with Crippen LogP contribution in [0.2, 0.25) is 0 Å². The SMILES string of the molecule is CCC[C@]1(C)CCC(C)C(CC)(CCCC(C)Cl)C1CC[C@@H]1CN1. The molecule has 0 radical (unpaired) electrons. The summed E-state index contributed by atoms with van der Waals surface area (Å²) in [5.74, 6) is 1.77. The Kier molecular flexibility index (Phi) is 7.50. The Morgan fingerprint density at radius 2 is 1.92 bits per heavy atom. The van der Waals surface area contributed by atoms with Gasteiger partial charge < -0.3 is 5.32 Å². The molecular weight excluding hydrogens is 314 g/mol. The molecule has 142 valence electrons. The summed E-state index contributed by atoms with van der Waals surface area (Å²) in [6.07, 6.45) is 13.7. The summed E-state index contributed by atoms with van der Waals surface area (Å²) in [5.41, 5.74) is 1.10. The molecule has 1 heterocycles. The Morgan fingerprint density at radius 3 is 2.46 bits per heavy atom. The van der Waals surface area contributed by atoms with E-state index in [1.165, 1.54) is 70.8 Å². The molecule has 1 N–H and O–H groups in total. The fourth-order valence-electron chi connectivity index (χ4n) is 6.11. The van der Waals surface area contributed by atoms with Crippen molar-refractivity contribution in [2.45, 2.75) is 110 Å². The molecular formula is C22H42ClN. The normalized spacial score (nSPS) is 40.5. The van der Waals surface area contributed by atoms with Crippen molar-refractivity contribution in [2.75, 3.05) is 6.54 Å². The predicted octanol–water partition coefficient (Wildman–Crippen LogP) is 6.78. The van der Waals surface area contributed by atoms with E-state index in [1.54, 1.807) is 0 Å². The third-order valence-corrected chi connectivity index (χ3v) is 7.90. The van der Waals surface area contributed by atoms with Gasteiger partial charge in [-0.15, -0.1) is 11.6 Å². The highest BCUT2D eigenvalue weighted by atomic mass is 35.5. The van der Waals surface area contributed by atoms with Crippen LogP contribution in [-0.2, 0) is 0 Å². The van der Waals surface area contributed by atoms with E-state index in [9.17, 15) is 0 Å². The largest absolute Gasteiger partial charge is 0.311 e. The molecule has 2 aliphatic rings. The molecule has 1 nitrogen and oxygen atoms in total. The van der Waals surface area contributed by atoms with Crippen LogP contribution in [0.3, 0.4) is 0 Å². The smallest absolute Gasteiger partial charge is 0.0307 e. The van der Waals surface area contributed by atoms with Gasteiger partial charge in [-0.05, 0) is 81.0 Å². The highest BCUT2D eigenvalue weighted by Crippen LogP contribution is 2.61. The van der Waals surface area contributed by atoms with Crippen LogP contribution in [0, 0.1) is 22.7 Å². The van der Waals surface area contributed by atoms with E-state index in [2.05, 4.69) is 39.9 Å². The van der Waals surface area contributed by atoms with Crippen LogP contribution in [0.5, 0.6) is 0 Å². The highest BCUT2D eigenvalue weighted by Gasteiger charge is 2.52. The van der Waals surface area contributed by atoms with E-state index in [0.717, 1.165) is 17.9 Å². The quantitative estimate of drug-likeness (QED) is 0.338. The maximum absolute atomic E-state index is 6.27. The summed E-state index contributed by atoms with van der Waals surface area (Å²) >= 11 is 6.27. The standard InChI is InChI=1S/C22H42ClN/c1-6-13-21(5)15-12-17(3)22(7-2,14-8-9-18(4)23)20(21)11-10-19-16-24-19/h17-20,24H,6-16H2,1-5H3/t17?,18?,19-,20?,21-,22?/m1/s1. The van der Waals surface area contributed by atoms with Crippen LogP contribution in [0.1, 0.15) is 98.8 Å². The maximum Gasteiger partial charge on any atom is 0.0307 e. The minimum absolute atomic E-state index is 0.328. The van der Waals surface area contributed by atoms with E-state index in [-0.39, 0.29) is 0 Å². The fraction of sp³-hybridized carbons (Fsp3) is 1.00. The van der Waals surface area contributed by atoms with Crippen molar-refractivity contribution in [3.63, 3.8) is 0 Å². The van der Waals surface area contributed by atoms with Gasteiger partial charge in [0.25, 0.3) is 0 Å². The molecule has 0 bridgehead atoms. The number of hydrogen-bond donors (Lipinski definition) is 1. The zero-order valence-corrected chi connectivity index (χ0v) is 17.7. The Hall–Kier alpha value is 0.250. The average molecular weight is 356 g/mol. The first-order valence-corrected chi connectivity index (χ1v) is 11.2. The lowest BCUT2D eigenvalue weighted by molar-refractivity contribution is -0.0823. The lowest BCUT2D eigenvalue weighted by Crippen LogP contribution is -2.49. The van der Waals surface area contributed by atoms with Gasteiger partial charge in [0, 0.05) is 18.0 Å². The van der Waals surface area contributed by atoms with Gasteiger partial charge in [-0.25, -0.2) is 0 Å². The molecule has 0 spiro atoms. The topological polar surface area (TPSA) is 21.9 Å². The van der Waals surface area contributed by atoms with Crippen molar-refractivity contribution in [3.8, 4) is 0 Å².